The van der Waals surface area contributed by atoms with Crippen LogP contribution in [0.2, 0.25) is 0 Å². The number of hydrogen-bond acceptors (Lipinski definition) is 8. The lowest BCUT2D eigenvalue weighted by atomic mass is 9.97. The quantitative estimate of drug-likeness (QED) is 0.288. The first-order chi connectivity index (χ1) is 19.5. The minimum Gasteiger partial charge on any atom is -0.493 e. The Kier molecular flexibility index (Phi) is 7.50. The molecule has 2 heterocycles. The smallest absolute Gasteiger partial charge is 0.274 e. The number of ether oxygens (including phenoxy) is 4. The van der Waals surface area contributed by atoms with Crippen LogP contribution in [0.25, 0.3) is 16.5 Å². The van der Waals surface area contributed by atoms with Crippen molar-refractivity contribution in [3.05, 3.63) is 95.6 Å². The Morgan fingerprint density at radius 1 is 0.800 bits per heavy atom. The van der Waals surface area contributed by atoms with E-state index in [0.717, 1.165) is 22.0 Å². The van der Waals surface area contributed by atoms with E-state index in [9.17, 15) is 4.79 Å². The lowest BCUT2D eigenvalue weighted by Crippen LogP contribution is -2.31. The molecule has 0 spiro atoms. The van der Waals surface area contributed by atoms with Crippen molar-refractivity contribution in [3.63, 3.8) is 0 Å². The summed E-state index contributed by atoms with van der Waals surface area (Å²) in [6.45, 7) is 1.75. The zero-order valence-corrected chi connectivity index (χ0v) is 22.8. The van der Waals surface area contributed by atoms with Crippen molar-refractivity contribution in [2.45, 2.75) is 13.0 Å². The molecular formula is C30H29N5O5. The number of fused-ring (bicyclic) bond motifs is 1. The predicted molar refractivity (Wildman–Crippen MR) is 150 cm³/mol. The van der Waals surface area contributed by atoms with Gasteiger partial charge in [0.15, 0.2) is 28.7 Å². The second-order valence-corrected chi connectivity index (χ2v) is 8.90. The third-order valence-electron chi connectivity index (χ3n) is 6.57. The standard InChI is InChI=1S/C30H29N5O5/c1-18-27(34-35(33-18)21-9-7-6-8-10-21)30(36)32-28(20-11-12-23(37-2)24(16-20)38-3)29-22-17-26(40-5)25(39-4)15-19(22)13-14-31-29/h6-17,28H,1-5H3,(H,32,36)/t28-/m0/s1. The summed E-state index contributed by atoms with van der Waals surface area (Å²) in [5.41, 5.74) is 2.78. The van der Waals surface area contributed by atoms with Crippen molar-refractivity contribution in [1.82, 2.24) is 25.3 Å². The van der Waals surface area contributed by atoms with Gasteiger partial charge in [0.1, 0.15) is 0 Å². The van der Waals surface area contributed by atoms with E-state index in [1.165, 1.54) is 4.80 Å². The largest absolute Gasteiger partial charge is 0.493 e. The van der Waals surface area contributed by atoms with Crippen LogP contribution >= 0.6 is 0 Å². The molecule has 2 aromatic heterocycles. The molecule has 0 fully saturated rings. The lowest BCUT2D eigenvalue weighted by molar-refractivity contribution is 0.0936. The third kappa shape index (κ3) is 4.98. The first-order valence-corrected chi connectivity index (χ1v) is 12.5. The van der Waals surface area contributed by atoms with Crippen LogP contribution in [-0.4, -0.2) is 54.3 Å². The summed E-state index contributed by atoms with van der Waals surface area (Å²) < 4.78 is 22.1. The van der Waals surface area contributed by atoms with Gasteiger partial charge in [-0.3, -0.25) is 9.78 Å². The second kappa shape index (κ2) is 11.3. The topological polar surface area (TPSA) is 110 Å². The number of amides is 1. The third-order valence-corrected chi connectivity index (χ3v) is 6.57. The van der Waals surface area contributed by atoms with Crippen molar-refractivity contribution >= 4 is 16.7 Å². The van der Waals surface area contributed by atoms with Crippen molar-refractivity contribution in [3.8, 4) is 28.7 Å². The summed E-state index contributed by atoms with van der Waals surface area (Å²) in [5, 5.41) is 13.7. The molecule has 1 N–H and O–H groups in total. The van der Waals surface area contributed by atoms with E-state index >= 15 is 0 Å². The molecule has 10 nitrogen and oxygen atoms in total. The summed E-state index contributed by atoms with van der Waals surface area (Å²) in [6, 6.07) is 19.8. The van der Waals surface area contributed by atoms with Gasteiger partial charge in [-0.2, -0.15) is 9.90 Å². The minimum atomic E-state index is -0.685. The van der Waals surface area contributed by atoms with Crippen molar-refractivity contribution < 1.29 is 23.7 Å². The van der Waals surface area contributed by atoms with Crippen molar-refractivity contribution in [1.29, 1.82) is 0 Å². The average molecular weight is 540 g/mol. The molecule has 0 aliphatic rings. The number of para-hydroxylation sites is 1. The summed E-state index contributed by atoms with van der Waals surface area (Å²) >= 11 is 0. The molecule has 0 saturated heterocycles. The molecule has 1 amide bonds. The monoisotopic (exact) mass is 539 g/mol. The van der Waals surface area contributed by atoms with Gasteiger partial charge in [-0.15, -0.1) is 5.10 Å². The number of benzene rings is 3. The molecule has 0 aliphatic heterocycles. The number of rotatable bonds is 9. The Morgan fingerprint density at radius 2 is 1.48 bits per heavy atom. The summed E-state index contributed by atoms with van der Waals surface area (Å²) in [4.78, 5) is 19.9. The fraction of sp³-hybridized carbons (Fsp3) is 0.200. The van der Waals surface area contributed by atoms with Crippen LogP contribution in [0.4, 0.5) is 0 Å². The summed E-state index contributed by atoms with van der Waals surface area (Å²) in [7, 11) is 6.30. The molecule has 40 heavy (non-hydrogen) atoms. The normalized spacial score (nSPS) is 11.6. The van der Waals surface area contributed by atoms with Gasteiger partial charge in [0, 0.05) is 11.6 Å². The van der Waals surface area contributed by atoms with Crippen LogP contribution in [0.15, 0.2) is 72.9 Å². The van der Waals surface area contributed by atoms with Gasteiger partial charge in [0.2, 0.25) is 0 Å². The van der Waals surface area contributed by atoms with E-state index in [-0.39, 0.29) is 5.69 Å². The Hall–Kier alpha value is -5.12. The highest BCUT2D eigenvalue weighted by Crippen LogP contribution is 2.38. The SMILES string of the molecule is COc1ccc([C@H](NC(=O)c2nn(-c3ccccc3)nc2C)c2nccc3cc(OC)c(OC)cc23)cc1OC. The minimum absolute atomic E-state index is 0.203. The van der Waals surface area contributed by atoms with Crippen LogP contribution in [0.5, 0.6) is 23.0 Å². The van der Waals surface area contributed by atoms with Gasteiger partial charge < -0.3 is 24.3 Å². The number of nitrogens with one attached hydrogen (secondary N) is 1. The van der Waals surface area contributed by atoms with E-state index in [1.807, 2.05) is 60.7 Å². The number of pyridine rings is 1. The Balaban J connectivity index is 1.63. The molecule has 0 unspecified atom stereocenters. The van der Waals surface area contributed by atoms with Gasteiger partial charge in [0.25, 0.3) is 5.91 Å². The molecule has 0 aliphatic carbocycles. The maximum absolute atomic E-state index is 13.7. The molecular weight excluding hydrogens is 510 g/mol. The molecule has 5 aromatic rings. The molecule has 3 aromatic carbocycles. The van der Waals surface area contributed by atoms with Gasteiger partial charge in [-0.25, -0.2) is 0 Å². The molecule has 0 saturated carbocycles. The first kappa shape index (κ1) is 26.5. The van der Waals surface area contributed by atoms with Gasteiger partial charge in [-0.1, -0.05) is 24.3 Å². The van der Waals surface area contributed by atoms with E-state index < -0.39 is 11.9 Å². The van der Waals surface area contributed by atoms with Crippen LogP contribution in [0, 0.1) is 6.92 Å². The van der Waals surface area contributed by atoms with Crippen LogP contribution < -0.4 is 24.3 Å². The Labute approximate surface area is 231 Å². The first-order valence-electron chi connectivity index (χ1n) is 12.5. The zero-order valence-electron chi connectivity index (χ0n) is 22.8. The van der Waals surface area contributed by atoms with E-state index in [0.29, 0.717) is 34.4 Å². The zero-order chi connectivity index (χ0) is 28.2. The summed E-state index contributed by atoms with van der Waals surface area (Å²) in [6.07, 6.45) is 1.69. The van der Waals surface area contributed by atoms with E-state index in [1.54, 1.807) is 47.6 Å². The number of aryl methyl sites for hydroxylation is 1. The maximum atomic E-state index is 13.7. The molecule has 0 bridgehead atoms. The highest BCUT2D eigenvalue weighted by atomic mass is 16.5. The average Bonchev–Trinajstić information content (AvgIpc) is 3.40. The lowest BCUT2D eigenvalue weighted by Gasteiger charge is -2.22. The second-order valence-electron chi connectivity index (χ2n) is 8.90. The Morgan fingerprint density at radius 3 is 2.17 bits per heavy atom. The molecule has 5 rings (SSSR count). The Bertz CT molecular complexity index is 1670. The van der Waals surface area contributed by atoms with Crippen molar-refractivity contribution in [2.24, 2.45) is 0 Å². The summed E-state index contributed by atoms with van der Waals surface area (Å²) in [5.74, 6) is 1.81. The fourth-order valence-electron chi connectivity index (χ4n) is 4.56. The molecule has 0 radical (unpaired) electrons. The number of methoxy groups -OCH3 is 4. The van der Waals surface area contributed by atoms with Crippen LogP contribution in [0.1, 0.15) is 33.5 Å². The van der Waals surface area contributed by atoms with Gasteiger partial charge in [0.05, 0.1) is 51.6 Å². The van der Waals surface area contributed by atoms with Gasteiger partial charge in [-0.05, 0) is 60.3 Å². The highest BCUT2D eigenvalue weighted by molar-refractivity contribution is 5.95. The number of hydrogen-bond donors (Lipinski definition) is 1. The maximum Gasteiger partial charge on any atom is 0.274 e. The fourth-order valence-corrected chi connectivity index (χ4v) is 4.56. The van der Waals surface area contributed by atoms with E-state index in [2.05, 4.69) is 15.5 Å². The predicted octanol–water partition coefficient (Wildman–Crippen LogP) is 4.68. The molecule has 10 heteroatoms. The number of carbonyl (C=O) groups is 1. The molecule has 1 atom stereocenters. The van der Waals surface area contributed by atoms with Crippen LogP contribution in [-0.2, 0) is 0 Å². The molecule has 204 valence electrons. The van der Waals surface area contributed by atoms with E-state index in [4.69, 9.17) is 23.9 Å². The number of carbonyl (C=O) groups excluding carboxylic acids is 1. The number of nitrogens with zero attached hydrogens (tertiary/aromatic N) is 4. The van der Waals surface area contributed by atoms with Gasteiger partial charge >= 0.3 is 0 Å². The van der Waals surface area contributed by atoms with Crippen molar-refractivity contribution in [2.75, 3.05) is 28.4 Å². The highest BCUT2D eigenvalue weighted by Gasteiger charge is 2.26. The number of aromatic nitrogens is 4. The van der Waals surface area contributed by atoms with Crippen LogP contribution in [0.3, 0.4) is 0 Å².